The number of anilines is 1. The van der Waals surface area contributed by atoms with E-state index in [-0.39, 0.29) is 23.5 Å². The van der Waals surface area contributed by atoms with Gasteiger partial charge < -0.3 is 21.1 Å². The van der Waals surface area contributed by atoms with Crippen molar-refractivity contribution in [2.75, 3.05) is 18.0 Å². The molecular formula is C19H31N5O2. The van der Waals surface area contributed by atoms with Crippen molar-refractivity contribution in [1.82, 2.24) is 15.3 Å². The zero-order valence-corrected chi connectivity index (χ0v) is 16.2. The summed E-state index contributed by atoms with van der Waals surface area (Å²) >= 11 is 0. The first kappa shape index (κ1) is 19.0. The van der Waals surface area contributed by atoms with E-state index >= 15 is 0 Å². The minimum atomic E-state index is -0.919. The third-order valence-electron chi connectivity index (χ3n) is 5.30. The highest BCUT2D eigenvalue weighted by Crippen LogP contribution is 2.40. The first-order valence-corrected chi connectivity index (χ1v) is 9.44. The number of carbonyl (C=O) groups excluding carboxylic acids is 1. The third-order valence-corrected chi connectivity index (χ3v) is 5.30. The molecule has 26 heavy (non-hydrogen) atoms. The predicted octanol–water partition coefficient (Wildman–Crippen LogP) is 1.30. The van der Waals surface area contributed by atoms with E-state index < -0.39 is 5.54 Å². The Hall–Kier alpha value is -1.73. The number of rotatable bonds is 3. The standard InChI is InChI=1S/C19H31N5O2/c1-18(2)9-14(22-16(26)19(3,4)20)13-11-21-17(23-15(13)10-18)24-7-5-12(25)6-8-24/h11-12,14,25H,5-10,20H2,1-4H3,(H,22,26)/t14-/m0/s1. The summed E-state index contributed by atoms with van der Waals surface area (Å²) in [6.45, 7) is 9.35. The minimum Gasteiger partial charge on any atom is -0.393 e. The molecule has 0 saturated carbocycles. The molecule has 1 aromatic rings. The van der Waals surface area contributed by atoms with Gasteiger partial charge in [-0.05, 0) is 44.9 Å². The van der Waals surface area contributed by atoms with Crippen LogP contribution in [0, 0.1) is 5.41 Å². The van der Waals surface area contributed by atoms with Crippen molar-refractivity contribution in [3.63, 3.8) is 0 Å². The Morgan fingerprint density at radius 1 is 1.38 bits per heavy atom. The first-order chi connectivity index (χ1) is 12.0. The van der Waals surface area contributed by atoms with Gasteiger partial charge in [-0.3, -0.25) is 4.79 Å². The molecule has 7 nitrogen and oxygen atoms in total. The molecule has 4 N–H and O–H groups in total. The average Bonchev–Trinajstić information content (AvgIpc) is 2.53. The number of aliphatic hydroxyl groups is 1. The molecule has 1 fully saturated rings. The van der Waals surface area contributed by atoms with Crippen LogP contribution in [0.1, 0.15) is 64.3 Å². The van der Waals surface area contributed by atoms with E-state index in [0.29, 0.717) is 0 Å². The van der Waals surface area contributed by atoms with Crippen LogP contribution in [0.25, 0.3) is 0 Å². The van der Waals surface area contributed by atoms with Gasteiger partial charge in [0.1, 0.15) is 0 Å². The van der Waals surface area contributed by atoms with Gasteiger partial charge >= 0.3 is 0 Å². The van der Waals surface area contributed by atoms with Crippen LogP contribution < -0.4 is 16.0 Å². The molecule has 144 valence electrons. The maximum Gasteiger partial charge on any atom is 0.239 e. The summed E-state index contributed by atoms with van der Waals surface area (Å²) in [7, 11) is 0. The number of nitrogens with one attached hydrogen (secondary N) is 1. The number of amides is 1. The maximum absolute atomic E-state index is 12.4. The van der Waals surface area contributed by atoms with E-state index in [2.05, 4.69) is 29.0 Å². The number of aromatic nitrogens is 2. The number of nitrogens with zero attached hydrogens (tertiary/aromatic N) is 3. The SMILES string of the molecule is CC1(C)Cc2nc(N3CCC(O)CC3)ncc2[C@@H](NC(=O)C(C)(C)N)C1. The van der Waals surface area contributed by atoms with Gasteiger partial charge in [0.25, 0.3) is 0 Å². The van der Waals surface area contributed by atoms with Crippen LogP contribution in [-0.2, 0) is 11.2 Å². The highest BCUT2D eigenvalue weighted by Gasteiger charge is 2.36. The second-order valence-corrected chi connectivity index (χ2v) is 9.08. The van der Waals surface area contributed by atoms with Gasteiger partial charge in [-0.15, -0.1) is 0 Å². The summed E-state index contributed by atoms with van der Waals surface area (Å²) in [6, 6.07) is -0.124. The molecule has 7 heteroatoms. The summed E-state index contributed by atoms with van der Waals surface area (Å²) in [5.74, 6) is 0.554. The maximum atomic E-state index is 12.4. The van der Waals surface area contributed by atoms with Gasteiger partial charge in [0, 0.05) is 24.8 Å². The van der Waals surface area contributed by atoms with E-state index in [4.69, 9.17) is 10.7 Å². The zero-order chi connectivity index (χ0) is 19.1. The molecule has 1 amide bonds. The van der Waals surface area contributed by atoms with Crippen molar-refractivity contribution in [3.8, 4) is 0 Å². The number of carbonyl (C=O) groups is 1. The highest BCUT2D eigenvalue weighted by atomic mass is 16.3. The number of hydrogen-bond acceptors (Lipinski definition) is 6. The zero-order valence-electron chi connectivity index (χ0n) is 16.2. The lowest BCUT2D eigenvalue weighted by atomic mass is 9.74. The number of fused-ring (bicyclic) bond motifs is 1. The Balaban J connectivity index is 1.85. The molecule has 0 spiro atoms. The van der Waals surface area contributed by atoms with Gasteiger partial charge in [-0.2, -0.15) is 0 Å². The number of aliphatic hydroxyl groups excluding tert-OH is 1. The van der Waals surface area contributed by atoms with Crippen LogP contribution in [0.4, 0.5) is 5.95 Å². The summed E-state index contributed by atoms with van der Waals surface area (Å²) in [6.07, 6.45) is 4.81. The van der Waals surface area contributed by atoms with Gasteiger partial charge in [0.15, 0.2) is 0 Å². The Bertz CT molecular complexity index is 675. The fourth-order valence-electron chi connectivity index (χ4n) is 3.73. The van der Waals surface area contributed by atoms with Gasteiger partial charge in [0.2, 0.25) is 11.9 Å². The van der Waals surface area contributed by atoms with E-state index in [1.54, 1.807) is 13.8 Å². The van der Waals surface area contributed by atoms with Crippen LogP contribution in [0.2, 0.25) is 0 Å². The number of piperidine rings is 1. The van der Waals surface area contributed by atoms with Crippen molar-refractivity contribution in [2.24, 2.45) is 11.1 Å². The Kier molecular flexibility index (Phi) is 4.96. The molecule has 1 aliphatic carbocycles. The van der Waals surface area contributed by atoms with Crippen LogP contribution >= 0.6 is 0 Å². The lowest BCUT2D eigenvalue weighted by Gasteiger charge is -2.38. The molecule has 1 atom stereocenters. The molecular weight excluding hydrogens is 330 g/mol. The second kappa shape index (κ2) is 6.78. The normalized spacial score (nSPS) is 23.5. The fourth-order valence-corrected chi connectivity index (χ4v) is 3.73. The molecule has 3 rings (SSSR count). The highest BCUT2D eigenvalue weighted by molar-refractivity contribution is 5.85. The quantitative estimate of drug-likeness (QED) is 0.750. The second-order valence-electron chi connectivity index (χ2n) is 9.08. The molecule has 0 aromatic carbocycles. The predicted molar refractivity (Wildman–Crippen MR) is 101 cm³/mol. The monoisotopic (exact) mass is 361 g/mol. The Labute approximate surface area is 155 Å². The summed E-state index contributed by atoms with van der Waals surface area (Å²) in [5, 5.41) is 12.8. The van der Waals surface area contributed by atoms with Crippen molar-refractivity contribution in [2.45, 2.75) is 71.1 Å². The number of nitrogens with two attached hydrogens (primary N) is 1. The molecule has 0 unspecified atom stereocenters. The van der Waals surface area contributed by atoms with Gasteiger partial charge in [-0.1, -0.05) is 13.8 Å². The minimum absolute atomic E-state index is 0.0351. The van der Waals surface area contributed by atoms with Crippen LogP contribution in [-0.4, -0.2) is 45.7 Å². The topological polar surface area (TPSA) is 104 Å². The summed E-state index contributed by atoms with van der Waals surface area (Å²) in [5.41, 5.74) is 7.05. The van der Waals surface area contributed by atoms with Crippen molar-refractivity contribution in [1.29, 1.82) is 0 Å². The largest absolute Gasteiger partial charge is 0.393 e. The van der Waals surface area contributed by atoms with E-state index in [9.17, 15) is 9.90 Å². The van der Waals surface area contributed by atoms with Crippen molar-refractivity contribution in [3.05, 3.63) is 17.5 Å². The summed E-state index contributed by atoms with van der Waals surface area (Å²) < 4.78 is 0. The van der Waals surface area contributed by atoms with Crippen LogP contribution in [0.5, 0.6) is 0 Å². The fraction of sp³-hybridized carbons (Fsp3) is 0.737. The molecule has 2 heterocycles. The molecule has 1 aromatic heterocycles. The van der Waals surface area contributed by atoms with E-state index in [1.165, 1.54) is 0 Å². The molecule has 1 saturated heterocycles. The van der Waals surface area contributed by atoms with Crippen LogP contribution in [0.15, 0.2) is 6.20 Å². The molecule has 1 aliphatic heterocycles. The molecule has 0 bridgehead atoms. The van der Waals surface area contributed by atoms with E-state index in [1.807, 2.05) is 6.20 Å². The molecule has 2 aliphatic rings. The average molecular weight is 361 g/mol. The number of hydrogen-bond donors (Lipinski definition) is 3. The van der Waals surface area contributed by atoms with E-state index in [0.717, 1.165) is 56.0 Å². The van der Waals surface area contributed by atoms with Gasteiger partial charge in [-0.25, -0.2) is 9.97 Å². The van der Waals surface area contributed by atoms with Crippen molar-refractivity contribution < 1.29 is 9.90 Å². The van der Waals surface area contributed by atoms with Crippen LogP contribution in [0.3, 0.4) is 0 Å². The smallest absolute Gasteiger partial charge is 0.239 e. The first-order valence-electron chi connectivity index (χ1n) is 9.44. The lowest BCUT2D eigenvalue weighted by molar-refractivity contribution is -0.126. The molecule has 0 radical (unpaired) electrons. The Morgan fingerprint density at radius 2 is 2.04 bits per heavy atom. The Morgan fingerprint density at radius 3 is 2.65 bits per heavy atom. The summed E-state index contributed by atoms with van der Waals surface area (Å²) in [4.78, 5) is 23.9. The lowest BCUT2D eigenvalue weighted by Crippen LogP contribution is -2.51. The third kappa shape index (κ3) is 4.15. The van der Waals surface area contributed by atoms with Crippen molar-refractivity contribution >= 4 is 11.9 Å². The van der Waals surface area contributed by atoms with Gasteiger partial charge in [0.05, 0.1) is 23.4 Å².